The van der Waals surface area contributed by atoms with Crippen LogP contribution in [0.5, 0.6) is 0 Å². The summed E-state index contributed by atoms with van der Waals surface area (Å²) in [6, 6.07) is 0. The molecule has 0 aromatic carbocycles. The molecular weight excluding hydrogens is 271 g/mol. The third-order valence-electron chi connectivity index (χ3n) is 2.95. The van der Waals surface area contributed by atoms with Crippen molar-refractivity contribution < 1.29 is 13.2 Å². The summed E-state index contributed by atoms with van der Waals surface area (Å²) in [6.07, 6.45) is -0.878. The average molecular weight is 288 g/mol. The van der Waals surface area contributed by atoms with E-state index in [0.29, 0.717) is 5.92 Å². The van der Waals surface area contributed by atoms with Crippen LogP contribution in [0.3, 0.4) is 0 Å². The molecule has 0 bridgehead atoms. The van der Waals surface area contributed by atoms with Crippen LogP contribution in [-0.2, 0) is 0 Å². The zero-order valence-corrected chi connectivity index (χ0v) is 10.4. The molecule has 0 aromatic heterocycles. The molecule has 2 unspecified atom stereocenters. The van der Waals surface area contributed by atoms with Gasteiger partial charge in [0.15, 0.2) is 0 Å². The normalized spacial score (nSPS) is 26.6. The number of piperidine rings is 1. The maximum atomic E-state index is 12.3. The van der Waals surface area contributed by atoms with E-state index in [4.69, 9.17) is 0 Å². The first-order valence-electron chi connectivity index (χ1n) is 5.36. The van der Waals surface area contributed by atoms with Crippen LogP contribution in [0, 0.1) is 5.92 Å². The van der Waals surface area contributed by atoms with E-state index >= 15 is 0 Å². The molecule has 2 atom stereocenters. The Morgan fingerprint density at radius 3 is 2.67 bits per heavy atom. The topological polar surface area (TPSA) is 3.24 Å². The van der Waals surface area contributed by atoms with E-state index in [2.05, 4.69) is 22.9 Å². The van der Waals surface area contributed by atoms with Crippen LogP contribution in [0.25, 0.3) is 0 Å². The first-order valence-corrected chi connectivity index (χ1v) is 6.28. The van der Waals surface area contributed by atoms with Gasteiger partial charge in [0.1, 0.15) is 4.83 Å². The summed E-state index contributed by atoms with van der Waals surface area (Å²) in [7, 11) is 0. The van der Waals surface area contributed by atoms with Crippen LogP contribution < -0.4 is 0 Å². The lowest BCUT2D eigenvalue weighted by atomic mass is 9.95. The second kappa shape index (κ2) is 5.53. The summed E-state index contributed by atoms with van der Waals surface area (Å²) < 4.78 is 36.9. The highest BCUT2D eigenvalue weighted by molar-refractivity contribution is 9.09. The molecular formula is C10H17BrF3N. The minimum Gasteiger partial charge on any atom is -0.302 e. The molecule has 1 rings (SSSR count). The SMILES string of the molecule is CCC1CCCN(CC(Br)C(F)(F)F)C1. The van der Waals surface area contributed by atoms with Crippen LogP contribution in [0.2, 0.25) is 0 Å². The van der Waals surface area contributed by atoms with Gasteiger partial charge in [-0.2, -0.15) is 13.2 Å². The molecule has 0 radical (unpaired) electrons. The molecule has 0 amide bonds. The first-order chi connectivity index (χ1) is 6.93. The molecule has 1 nitrogen and oxygen atoms in total. The average Bonchev–Trinajstić information content (AvgIpc) is 2.16. The first kappa shape index (κ1) is 13.3. The van der Waals surface area contributed by atoms with Gasteiger partial charge in [-0.3, -0.25) is 0 Å². The lowest BCUT2D eigenvalue weighted by Crippen LogP contribution is -2.42. The number of alkyl halides is 4. The van der Waals surface area contributed by atoms with Crippen LogP contribution in [-0.4, -0.2) is 35.5 Å². The summed E-state index contributed by atoms with van der Waals surface area (Å²) in [5.74, 6) is 0.576. The van der Waals surface area contributed by atoms with E-state index in [-0.39, 0.29) is 6.54 Å². The quantitative estimate of drug-likeness (QED) is 0.719. The Labute approximate surface area is 97.1 Å². The summed E-state index contributed by atoms with van der Waals surface area (Å²) in [4.78, 5) is 0.533. The van der Waals surface area contributed by atoms with Gasteiger partial charge >= 0.3 is 6.18 Å². The fourth-order valence-electron chi connectivity index (χ4n) is 1.98. The van der Waals surface area contributed by atoms with Crippen molar-refractivity contribution in [3.8, 4) is 0 Å². The van der Waals surface area contributed by atoms with Crippen LogP contribution in [0.4, 0.5) is 13.2 Å². The van der Waals surface area contributed by atoms with Gasteiger partial charge in [0.05, 0.1) is 0 Å². The largest absolute Gasteiger partial charge is 0.402 e. The molecule has 1 heterocycles. The van der Waals surface area contributed by atoms with E-state index in [1.807, 2.05) is 4.90 Å². The Bertz CT molecular complexity index is 196. The molecule has 5 heteroatoms. The molecule has 1 aliphatic heterocycles. The maximum Gasteiger partial charge on any atom is 0.402 e. The van der Waals surface area contributed by atoms with E-state index in [1.54, 1.807) is 0 Å². The van der Waals surface area contributed by atoms with Crippen molar-refractivity contribution >= 4 is 15.9 Å². The number of rotatable bonds is 3. The Kier molecular flexibility index (Phi) is 4.90. The van der Waals surface area contributed by atoms with Crippen LogP contribution >= 0.6 is 15.9 Å². The highest BCUT2D eigenvalue weighted by atomic mass is 79.9. The van der Waals surface area contributed by atoms with Crippen molar-refractivity contribution in [3.05, 3.63) is 0 Å². The van der Waals surface area contributed by atoms with Gasteiger partial charge in [-0.25, -0.2) is 0 Å². The van der Waals surface area contributed by atoms with Gasteiger partial charge in [0, 0.05) is 13.1 Å². The molecule has 0 aromatic rings. The molecule has 0 spiro atoms. The fraction of sp³-hybridized carbons (Fsp3) is 1.00. The van der Waals surface area contributed by atoms with Crippen molar-refractivity contribution in [2.45, 2.75) is 37.2 Å². The van der Waals surface area contributed by atoms with Gasteiger partial charge in [-0.05, 0) is 25.3 Å². The Morgan fingerprint density at radius 1 is 1.47 bits per heavy atom. The molecule has 0 aliphatic carbocycles. The molecule has 90 valence electrons. The van der Waals surface area contributed by atoms with Crippen molar-refractivity contribution in [3.63, 3.8) is 0 Å². The predicted octanol–water partition coefficient (Wildman–Crippen LogP) is 3.43. The lowest BCUT2D eigenvalue weighted by molar-refractivity contribution is -0.131. The summed E-state index contributed by atoms with van der Waals surface area (Å²) >= 11 is 2.71. The van der Waals surface area contributed by atoms with Gasteiger partial charge in [0.2, 0.25) is 0 Å². The number of nitrogens with zero attached hydrogens (tertiary/aromatic N) is 1. The highest BCUT2D eigenvalue weighted by Gasteiger charge is 2.39. The minimum atomic E-state index is -4.13. The summed E-state index contributed by atoms with van der Waals surface area (Å²) in [6.45, 7) is 3.80. The third-order valence-corrected chi connectivity index (χ3v) is 3.76. The van der Waals surface area contributed by atoms with Gasteiger partial charge in [-0.1, -0.05) is 29.3 Å². The van der Waals surface area contributed by atoms with Crippen LogP contribution in [0.1, 0.15) is 26.2 Å². The number of likely N-dealkylation sites (tertiary alicyclic amines) is 1. The van der Waals surface area contributed by atoms with Crippen molar-refractivity contribution in [2.24, 2.45) is 5.92 Å². The fourth-order valence-corrected chi connectivity index (χ4v) is 2.39. The summed E-state index contributed by atoms with van der Waals surface area (Å²) in [5.41, 5.74) is 0. The van der Waals surface area contributed by atoms with E-state index < -0.39 is 11.0 Å². The monoisotopic (exact) mass is 287 g/mol. The highest BCUT2D eigenvalue weighted by Crippen LogP contribution is 2.28. The summed E-state index contributed by atoms with van der Waals surface area (Å²) in [5, 5.41) is 0. The van der Waals surface area contributed by atoms with Crippen LogP contribution in [0.15, 0.2) is 0 Å². The van der Waals surface area contributed by atoms with Gasteiger partial charge < -0.3 is 4.90 Å². The van der Waals surface area contributed by atoms with Crippen molar-refractivity contribution in [2.75, 3.05) is 19.6 Å². The smallest absolute Gasteiger partial charge is 0.302 e. The van der Waals surface area contributed by atoms with E-state index in [1.165, 1.54) is 0 Å². The van der Waals surface area contributed by atoms with Crippen molar-refractivity contribution in [1.82, 2.24) is 4.90 Å². The zero-order chi connectivity index (χ0) is 11.5. The second-order valence-electron chi connectivity index (χ2n) is 4.19. The minimum absolute atomic E-state index is 0.0833. The standard InChI is InChI=1S/C10H17BrF3N/c1-2-8-4-3-5-15(6-8)7-9(11)10(12,13)14/h8-9H,2-7H2,1H3. The third kappa shape index (κ3) is 4.31. The molecule has 1 saturated heterocycles. The molecule has 0 saturated carbocycles. The molecule has 15 heavy (non-hydrogen) atoms. The molecule has 1 fully saturated rings. The Hall–Kier alpha value is 0.230. The number of hydrogen-bond acceptors (Lipinski definition) is 1. The predicted molar refractivity (Wildman–Crippen MR) is 58.2 cm³/mol. The number of hydrogen-bond donors (Lipinski definition) is 0. The van der Waals surface area contributed by atoms with Crippen molar-refractivity contribution in [1.29, 1.82) is 0 Å². The van der Waals surface area contributed by atoms with E-state index in [9.17, 15) is 13.2 Å². The Morgan fingerprint density at radius 2 is 2.13 bits per heavy atom. The molecule has 1 aliphatic rings. The molecule has 0 N–H and O–H groups in total. The Balaban J connectivity index is 2.38. The van der Waals surface area contributed by atoms with Gasteiger partial charge in [-0.15, -0.1) is 0 Å². The lowest BCUT2D eigenvalue weighted by Gasteiger charge is -2.33. The van der Waals surface area contributed by atoms with E-state index in [0.717, 1.165) is 32.4 Å². The second-order valence-corrected chi connectivity index (χ2v) is 5.29. The number of halogens is 4. The van der Waals surface area contributed by atoms with Gasteiger partial charge in [0.25, 0.3) is 0 Å². The zero-order valence-electron chi connectivity index (χ0n) is 8.86. The maximum absolute atomic E-state index is 12.3.